The van der Waals surface area contributed by atoms with Gasteiger partial charge in [0.1, 0.15) is 4.21 Å². The number of carbonyl (C=O) groups is 1. The number of benzene rings is 1. The number of piperazine rings is 1. The van der Waals surface area contributed by atoms with Crippen LogP contribution in [0.4, 0.5) is 5.69 Å². The molecule has 6 nitrogen and oxygen atoms in total. The van der Waals surface area contributed by atoms with E-state index in [4.69, 9.17) is 0 Å². The maximum atomic E-state index is 13.2. The van der Waals surface area contributed by atoms with Crippen molar-refractivity contribution < 1.29 is 13.2 Å². The third-order valence-corrected chi connectivity index (χ3v) is 9.01. The lowest BCUT2D eigenvalue weighted by Gasteiger charge is -2.40. The van der Waals surface area contributed by atoms with Gasteiger partial charge in [-0.1, -0.05) is 12.1 Å². The normalized spacial score (nSPS) is 21.0. The number of likely N-dealkylation sites (tertiary alicyclic amines) is 1. The molecule has 1 aromatic heterocycles. The fraction of sp³-hybridized carbons (Fsp3) is 0.476. The van der Waals surface area contributed by atoms with Crippen LogP contribution < -0.4 is 4.90 Å². The third kappa shape index (κ3) is 4.06. The molecule has 8 heteroatoms. The lowest BCUT2D eigenvalue weighted by Crippen LogP contribution is -2.53. The van der Waals surface area contributed by atoms with Crippen LogP contribution in [-0.2, 0) is 10.0 Å². The van der Waals surface area contributed by atoms with E-state index in [1.807, 2.05) is 6.07 Å². The molecule has 0 saturated carbocycles. The number of rotatable bonds is 4. The number of anilines is 1. The molecule has 3 heterocycles. The van der Waals surface area contributed by atoms with E-state index < -0.39 is 10.0 Å². The summed E-state index contributed by atoms with van der Waals surface area (Å²) >= 11 is 1.15. The van der Waals surface area contributed by atoms with Crippen LogP contribution in [0.15, 0.2) is 39.9 Å². The smallest absolute Gasteiger partial charge is 0.254 e. The standard InChI is InChI=1S/C21H27N3O3S2/c1-16-6-5-7-19(12-16)24-11-10-23(14-17(24)2)29(26,27)20-13-18(15-28-20)21(25)22-8-3-4-9-22/h5-7,12-13,15,17H,3-4,8-11,14H2,1-2H3. The van der Waals surface area contributed by atoms with Gasteiger partial charge in [0.25, 0.3) is 15.9 Å². The zero-order chi connectivity index (χ0) is 20.6. The van der Waals surface area contributed by atoms with E-state index in [0.29, 0.717) is 25.2 Å². The van der Waals surface area contributed by atoms with Gasteiger partial charge in [0, 0.05) is 49.8 Å². The Morgan fingerprint density at radius 1 is 1.10 bits per heavy atom. The van der Waals surface area contributed by atoms with Crippen molar-refractivity contribution in [3.05, 3.63) is 46.8 Å². The minimum Gasteiger partial charge on any atom is -0.366 e. The molecule has 1 aromatic carbocycles. The summed E-state index contributed by atoms with van der Waals surface area (Å²) in [6, 6.07) is 9.93. The minimum atomic E-state index is -3.59. The fourth-order valence-corrected chi connectivity index (χ4v) is 6.95. The number of hydrogen-bond donors (Lipinski definition) is 0. The summed E-state index contributed by atoms with van der Waals surface area (Å²) in [7, 11) is -3.59. The molecular weight excluding hydrogens is 406 g/mol. The molecule has 1 unspecified atom stereocenters. The van der Waals surface area contributed by atoms with Crippen molar-refractivity contribution in [2.24, 2.45) is 0 Å². The van der Waals surface area contributed by atoms with E-state index >= 15 is 0 Å². The second-order valence-electron chi connectivity index (χ2n) is 7.90. The number of amides is 1. The van der Waals surface area contributed by atoms with Gasteiger partial charge in [-0.25, -0.2) is 8.42 Å². The van der Waals surface area contributed by atoms with Crippen LogP contribution in [0, 0.1) is 6.92 Å². The topological polar surface area (TPSA) is 60.9 Å². The van der Waals surface area contributed by atoms with Crippen molar-refractivity contribution in [1.82, 2.24) is 9.21 Å². The van der Waals surface area contributed by atoms with Gasteiger partial charge in [-0.15, -0.1) is 11.3 Å². The van der Waals surface area contributed by atoms with Crippen molar-refractivity contribution in [3.8, 4) is 0 Å². The molecule has 1 atom stereocenters. The quantitative estimate of drug-likeness (QED) is 0.743. The Kier molecular flexibility index (Phi) is 5.68. The molecule has 2 aromatic rings. The number of thiophene rings is 1. The first-order valence-electron chi connectivity index (χ1n) is 10.1. The van der Waals surface area contributed by atoms with Gasteiger partial charge in [0.15, 0.2) is 0 Å². The molecule has 29 heavy (non-hydrogen) atoms. The third-order valence-electron chi connectivity index (χ3n) is 5.73. The number of sulfonamides is 1. The first-order chi connectivity index (χ1) is 13.9. The molecule has 0 aliphatic carbocycles. The Morgan fingerprint density at radius 2 is 1.86 bits per heavy atom. The summed E-state index contributed by atoms with van der Waals surface area (Å²) < 4.78 is 28.2. The average molecular weight is 434 g/mol. The van der Waals surface area contributed by atoms with Gasteiger partial charge >= 0.3 is 0 Å². The molecule has 2 fully saturated rings. The molecule has 0 N–H and O–H groups in total. The highest BCUT2D eigenvalue weighted by Gasteiger charge is 2.34. The van der Waals surface area contributed by atoms with Crippen molar-refractivity contribution in [3.63, 3.8) is 0 Å². The van der Waals surface area contributed by atoms with Crippen molar-refractivity contribution >= 4 is 33.0 Å². The monoisotopic (exact) mass is 433 g/mol. The molecule has 2 aliphatic heterocycles. The zero-order valence-corrected chi connectivity index (χ0v) is 18.5. The van der Waals surface area contributed by atoms with Crippen molar-refractivity contribution in [2.75, 3.05) is 37.6 Å². The summed E-state index contributed by atoms with van der Waals surface area (Å²) in [5.41, 5.74) is 2.81. The minimum absolute atomic E-state index is 0.0576. The maximum absolute atomic E-state index is 13.2. The summed E-state index contributed by atoms with van der Waals surface area (Å²) in [5.74, 6) is -0.0576. The summed E-state index contributed by atoms with van der Waals surface area (Å²) in [6.07, 6.45) is 2.04. The highest BCUT2D eigenvalue weighted by atomic mass is 32.2. The molecule has 0 bridgehead atoms. The van der Waals surface area contributed by atoms with E-state index in [1.165, 1.54) is 5.56 Å². The largest absolute Gasteiger partial charge is 0.366 e. The highest BCUT2D eigenvalue weighted by molar-refractivity contribution is 7.91. The van der Waals surface area contributed by atoms with Crippen LogP contribution in [0.25, 0.3) is 0 Å². The van der Waals surface area contributed by atoms with Crippen LogP contribution in [-0.4, -0.2) is 62.3 Å². The van der Waals surface area contributed by atoms with Crippen LogP contribution in [0.2, 0.25) is 0 Å². The van der Waals surface area contributed by atoms with E-state index in [9.17, 15) is 13.2 Å². The first-order valence-corrected chi connectivity index (χ1v) is 12.4. The van der Waals surface area contributed by atoms with E-state index in [1.54, 1.807) is 20.7 Å². The fourth-order valence-electron chi connectivity index (χ4n) is 4.13. The van der Waals surface area contributed by atoms with Gasteiger partial charge in [0.05, 0.1) is 5.56 Å². The lowest BCUT2D eigenvalue weighted by molar-refractivity contribution is 0.0793. The molecule has 1 amide bonds. The van der Waals surface area contributed by atoms with Gasteiger partial charge in [0.2, 0.25) is 0 Å². The Hall–Kier alpha value is -1.90. The van der Waals surface area contributed by atoms with Crippen LogP contribution in [0.5, 0.6) is 0 Å². The van der Waals surface area contributed by atoms with Crippen molar-refractivity contribution in [2.45, 2.75) is 36.9 Å². The number of hydrogen-bond acceptors (Lipinski definition) is 5. The Morgan fingerprint density at radius 3 is 2.55 bits per heavy atom. The second-order valence-corrected chi connectivity index (χ2v) is 11.0. The van der Waals surface area contributed by atoms with Crippen LogP contribution in [0.3, 0.4) is 0 Å². The summed E-state index contributed by atoms with van der Waals surface area (Å²) in [5, 5.41) is 1.68. The molecule has 156 valence electrons. The molecule has 2 aliphatic rings. The van der Waals surface area contributed by atoms with Crippen molar-refractivity contribution in [1.29, 1.82) is 0 Å². The molecule has 0 radical (unpaired) electrons. The molecule has 0 spiro atoms. The average Bonchev–Trinajstić information content (AvgIpc) is 3.40. The Balaban J connectivity index is 1.48. The van der Waals surface area contributed by atoms with Gasteiger partial charge in [-0.3, -0.25) is 4.79 Å². The second kappa shape index (κ2) is 8.08. The number of aryl methyl sites for hydroxylation is 1. The van der Waals surface area contributed by atoms with Gasteiger partial charge in [-0.2, -0.15) is 4.31 Å². The van der Waals surface area contributed by atoms with E-state index in [0.717, 1.165) is 43.0 Å². The van der Waals surface area contributed by atoms with E-state index in [2.05, 4.69) is 36.9 Å². The van der Waals surface area contributed by atoms with Gasteiger partial charge in [-0.05, 0) is 50.5 Å². The molecule has 2 saturated heterocycles. The van der Waals surface area contributed by atoms with Crippen LogP contribution in [0.1, 0.15) is 35.7 Å². The molecule has 4 rings (SSSR count). The van der Waals surface area contributed by atoms with E-state index in [-0.39, 0.29) is 16.2 Å². The zero-order valence-electron chi connectivity index (χ0n) is 16.9. The SMILES string of the molecule is Cc1cccc(N2CCN(S(=O)(=O)c3cc(C(=O)N4CCCC4)cs3)CC2C)c1. The highest BCUT2D eigenvalue weighted by Crippen LogP contribution is 2.29. The van der Waals surface area contributed by atoms with Gasteiger partial charge < -0.3 is 9.80 Å². The summed E-state index contributed by atoms with van der Waals surface area (Å²) in [6.45, 7) is 7.16. The first kappa shape index (κ1) is 20.4. The predicted molar refractivity (Wildman–Crippen MR) is 116 cm³/mol. The Bertz CT molecular complexity index is 996. The Labute approximate surface area is 176 Å². The van der Waals surface area contributed by atoms with Crippen LogP contribution >= 0.6 is 11.3 Å². The number of carbonyl (C=O) groups excluding carboxylic acids is 1. The predicted octanol–water partition coefficient (Wildman–Crippen LogP) is 3.19. The molecular formula is C21H27N3O3S2. The lowest BCUT2D eigenvalue weighted by atomic mass is 10.1. The number of nitrogens with zero attached hydrogens (tertiary/aromatic N) is 3. The maximum Gasteiger partial charge on any atom is 0.254 e. The summed E-state index contributed by atoms with van der Waals surface area (Å²) in [4.78, 5) is 16.6.